The zero-order valence-corrected chi connectivity index (χ0v) is 13.5. The summed E-state index contributed by atoms with van der Waals surface area (Å²) in [6.45, 7) is 4.61. The van der Waals surface area contributed by atoms with Crippen LogP contribution in [0.5, 0.6) is 5.75 Å². The third-order valence-electron chi connectivity index (χ3n) is 3.43. The number of nitrogens with zero attached hydrogens (tertiary/aromatic N) is 1. The standard InChI is InChI=1S/C16H21F2NO4/c1-16(2)10-19(7-12(23-16)8-21-3)15(20)9-22-14-5-4-11(17)6-13(14)18/h4-6,12H,7-10H2,1-3H3. The number of methoxy groups -OCH3 is 1. The first-order valence-corrected chi connectivity index (χ1v) is 7.33. The maximum atomic E-state index is 13.5. The van der Waals surface area contributed by atoms with Gasteiger partial charge in [0.2, 0.25) is 0 Å². The van der Waals surface area contributed by atoms with Gasteiger partial charge in [-0.25, -0.2) is 8.78 Å². The maximum Gasteiger partial charge on any atom is 0.260 e. The van der Waals surface area contributed by atoms with Crippen molar-refractivity contribution in [3.63, 3.8) is 0 Å². The molecule has 1 unspecified atom stereocenters. The molecule has 1 saturated heterocycles. The number of hydrogen-bond acceptors (Lipinski definition) is 4. The van der Waals surface area contributed by atoms with E-state index >= 15 is 0 Å². The fourth-order valence-electron chi connectivity index (χ4n) is 2.58. The lowest BCUT2D eigenvalue weighted by Gasteiger charge is -2.42. The Bertz CT molecular complexity index is 565. The summed E-state index contributed by atoms with van der Waals surface area (Å²) in [6.07, 6.45) is -0.227. The van der Waals surface area contributed by atoms with Crippen LogP contribution in [-0.2, 0) is 14.3 Å². The van der Waals surface area contributed by atoms with Crippen molar-refractivity contribution in [3.8, 4) is 5.75 Å². The second-order valence-electron chi connectivity index (χ2n) is 6.09. The number of amides is 1. The molecule has 1 aliphatic heterocycles. The van der Waals surface area contributed by atoms with Gasteiger partial charge in [0.15, 0.2) is 18.2 Å². The summed E-state index contributed by atoms with van der Waals surface area (Å²) in [6, 6.07) is 2.95. The highest BCUT2D eigenvalue weighted by molar-refractivity contribution is 5.78. The van der Waals surface area contributed by atoms with E-state index in [0.717, 1.165) is 12.1 Å². The number of morpholine rings is 1. The van der Waals surface area contributed by atoms with Crippen LogP contribution in [0.4, 0.5) is 8.78 Å². The second kappa shape index (κ2) is 7.23. The Balaban J connectivity index is 1.96. The molecule has 128 valence electrons. The predicted molar refractivity (Wildman–Crippen MR) is 79.3 cm³/mol. The Kier molecular flexibility index (Phi) is 5.54. The van der Waals surface area contributed by atoms with Crippen LogP contribution < -0.4 is 4.74 Å². The lowest BCUT2D eigenvalue weighted by Crippen LogP contribution is -2.56. The summed E-state index contributed by atoms with van der Waals surface area (Å²) in [5.74, 6) is -1.97. The number of rotatable bonds is 5. The van der Waals surface area contributed by atoms with Crippen molar-refractivity contribution in [3.05, 3.63) is 29.8 Å². The molecule has 1 heterocycles. The van der Waals surface area contributed by atoms with Gasteiger partial charge in [-0.05, 0) is 26.0 Å². The molecule has 1 aromatic rings. The van der Waals surface area contributed by atoms with Gasteiger partial charge in [0, 0.05) is 26.3 Å². The normalized spacial score (nSPS) is 20.4. The van der Waals surface area contributed by atoms with Crippen molar-refractivity contribution in [1.29, 1.82) is 0 Å². The van der Waals surface area contributed by atoms with Crippen molar-refractivity contribution >= 4 is 5.91 Å². The third kappa shape index (κ3) is 4.87. The van der Waals surface area contributed by atoms with Crippen LogP contribution in [0.15, 0.2) is 18.2 Å². The van der Waals surface area contributed by atoms with Gasteiger partial charge >= 0.3 is 0 Å². The molecule has 0 aliphatic carbocycles. The van der Waals surface area contributed by atoms with Gasteiger partial charge in [-0.1, -0.05) is 0 Å². The number of benzene rings is 1. The Hall–Kier alpha value is -1.73. The quantitative estimate of drug-likeness (QED) is 0.829. The van der Waals surface area contributed by atoms with E-state index in [1.54, 1.807) is 12.0 Å². The molecule has 1 aliphatic rings. The van der Waals surface area contributed by atoms with Gasteiger partial charge < -0.3 is 19.1 Å². The average Bonchev–Trinajstić information content (AvgIpc) is 2.44. The third-order valence-corrected chi connectivity index (χ3v) is 3.43. The van der Waals surface area contributed by atoms with Gasteiger partial charge in [-0.2, -0.15) is 0 Å². The van der Waals surface area contributed by atoms with Gasteiger partial charge in [-0.3, -0.25) is 4.79 Å². The highest BCUT2D eigenvalue weighted by Gasteiger charge is 2.35. The monoisotopic (exact) mass is 329 g/mol. The van der Waals surface area contributed by atoms with Gasteiger partial charge in [0.05, 0.1) is 18.3 Å². The highest BCUT2D eigenvalue weighted by Crippen LogP contribution is 2.22. The lowest BCUT2D eigenvalue weighted by molar-refractivity contribution is -0.170. The predicted octanol–water partition coefficient (Wildman–Crippen LogP) is 2.00. The Morgan fingerprint density at radius 2 is 2.17 bits per heavy atom. The van der Waals surface area contributed by atoms with E-state index in [-0.39, 0.29) is 24.4 Å². The summed E-state index contributed by atoms with van der Waals surface area (Å²) in [5.41, 5.74) is -0.502. The molecule has 7 heteroatoms. The summed E-state index contributed by atoms with van der Waals surface area (Å²) >= 11 is 0. The smallest absolute Gasteiger partial charge is 0.260 e. The van der Waals surface area contributed by atoms with Crippen molar-refractivity contribution < 1.29 is 27.8 Å². The van der Waals surface area contributed by atoms with Gasteiger partial charge in [0.25, 0.3) is 5.91 Å². The lowest BCUT2D eigenvalue weighted by atomic mass is 10.1. The van der Waals surface area contributed by atoms with Crippen molar-refractivity contribution in [2.24, 2.45) is 0 Å². The zero-order valence-electron chi connectivity index (χ0n) is 13.5. The number of carbonyl (C=O) groups excluding carboxylic acids is 1. The molecule has 0 radical (unpaired) electrons. The Morgan fingerprint density at radius 1 is 1.43 bits per heavy atom. The molecule has 0 spiro atoms. The Labute approximate surface area is 134 Å². The average molecular weight is 329 g/mol. The van der Waals surface area contributed by atoms with Crippen LogP contribution in [0.1, 0.15) is 13.8 Å². The summed E-state index contributed by atoms with van der Waals surface area (Å²) in [5, 5.41) is 0. The number of ether oxygens (including phenoxy) is 3. The maximum absolute atomic E-state index is 13.5. The topological polar surface area (TPSA) is 48.0 Å². The van der Waals surface area contributed by atoms with E-state index in [1.807, 2.05) is 13.8 Å². The molecule has 0 saturated carbocycles. The Morgan fingerprint density at radius 3 is 2.83 bits per heavy atom. The fourth-order valence-corrected chi connectivity index (χ4v) is 2.58. The van der Waals surface area contributed by atoms with Gasteiger partial charge in [0.1, 0.15) is 5.82 Å². The molecular weight excluding hydrogens is 308 g/mol. The summed E-state index contributed by atoms with van der Waals surface area (Å²) < 4.78 is 42.4. The van der Waals surface area contributed by atoms with Crippen LogP contribution in [0.3, 0.4) is 0 Å². The fraction of sp³-hybridized carbons (Fsp3) is 0.562. The first kappa shape index (κ1) is 17.6. The van der Waals surface area contributed by atoms with E-state index in [2.05, 4.69) is 0 Å². The molecule has 1 fully saturated rings. The molecule has 0 N–H and O–H groups in total. The minimum absolute atomic E-state index is 0.152. The molecule has 0 bridgehead atoms. The van der Waals surface area contributed by atoms with E-state index in [4.69, 9.17) is 14.2 Å². The van der Waals surface area contributed by atoms with Gasteiger partial charge in [-0.15, -0.1) is 0 Å². The summed E-state index contributed by atoms with van der Waals surface area (Å²) in [7, 11) is 1.57. The minimum Gasteiger partial charge on any atom is -0.481 e. The van der Waals surface area contributed by atoms with Crippen LogP contribution in [-0.4, -0.2) is 55.9 Å². The van der Waals surface area contributed by atoms with Crippen molar-refractivity contribution in [2.75, 3.05) is 33.4 Å². The first-order valence-electron chi connectivity index (χ1n) is 7.33. The van der Waals surface area contributed by atoms with E-state index in [0.29, 0.717) is 25.8 Å². The van der Waals surface area contributed by atoms with Crippen LogP contribution >= 0.6 is 0 Å². The second-order valence-corrected chi connectivity index (χ2v) is 6.09. The molecule has 2 rings (SSSR count). The molecule has 0 aromatic heterocycles. The van der Waals surface area contributed by atoms with Crippen molar-refractivity contribution in [2.45, 2.75) is 25.6 Å². The largest absolute Gasteiger partial charge is 0.481 e. The minimum atomic E-state index is -0.836. The number of carbonyl (C=O) groups is 1. The molecular formula is C16H21F2NO4. The van der Waals surface area contributed by atoms with E-state index in [1.165, 1.54) is 0 Å². The molecule has 1 atom stereocenters. The molecule has 5 nitrogen and oxygen atoms in total. The van der Waals surface area contributed by atoms with Crippen molar-refractivity contribution in [1.82, 2.24) is 4.90 Å². The van der Waals surface area contributed by atoms with Crippen LogP contribution in [0.2, 0.25) is 0 Å². The van der Waals surface area contributed by atoms with Crippen LogP contribution in [0, 0.1) is 11.6 Å². The van der Waals surface area contributed by atoms with E-state index < -0.39 is 17.2 Å². The van der Waals surface area contributed by atoms with E-state index in [9.17, 15) is 13.6 Å². The summed E-state index contributed by atoms with van der Waals surface area (Å²) in [4.78, 5) is 13.9. The van der Waals surface area contributed by atoms with Crippen LogP contribution in [0.25, 0.3) is 0 Å². The molecule has 1 aromatic carbocycles. The zero-order chi connectivity index (χ0) is 17.0. The SMILES string of the molecule is COCC1CN(C(=O)COc2ccc(F)cc2F)CC(C)(C)O1. The highest BCUT2D eigenvalue weighted by atomic mass is 19.1. The number of hydrogen-bond donors (Lipinski definition) is 0. The molecule has 1 amide bonds. The number of halogens is 2. The molecule has 23 heavy (non-hydrogen) atoms. The first-order chi connectivity index (χ1) is 10.8.